The van der Waals surface area contributed by atoms with Gasteiger partial charge in [-0.25, -0.2) is 0 Å². The van der Waals surface area contributed by atoms with Crippen molar-refractivity contribution >= 4 is 17.5 Å². The fraction of sp³-hybridized carbons (Fsp3) is 0.500. The molecule has 2 aromatic rings. The van der Waals surface area contributed by atoms with E-state index in [0.717, 1.165) is 0 Å². The second kappa shape index (κ2) is 8.39. The minimum atomic E-state index is -0.924. The molecule has 2 rings (SSSR count). The van der Waals surface area contributed by atoms with Crippen molar-refractivity contribution in [1.29, 1.82) is 0 Å². The zero-order valence-corrected chi connectivity index (χ0v) is 13.9. The molecule has 1 atom stereocenters. The Morgan fingerprint density at radius 3 is 2.92 bits per heavy atom. The lowest BCUT2D eigenvalue weighted by Crippen LogP contribution is -2.38. The summed E-state index contributed by atoms with van der Waals surface area (Å²) in [6, 6.07) is 3.38. The van der Waals surface area contributed by atoms with Crippen molar-refractivity contribution in [2.75, 3.05) is 26.3 Å². The van der Waals surface area contributed by atoms with Crippen LogP contribution in [0.1, 0.15) is 30.6 Å². The summed E-state index contributed by atoms with van der Waals surface area (Å²) in [6.45, 7) is 5.24. The lowest BCUT2D eigenvalue weighted by atomic mass is 10.1. The summed E-state index contributed by atoms with van der Waals surface area (Å²) < 4.78 is 6.95. The maximum Gasteiger partial charge on any atom is 0.308 e. The number of nitrogens with zero attached hydrogens (tertiary/aromatic N) is 4. The number of pyridine rings is 1. The van der Waals surface area contributed by atoms with E-state index >= 15 is 0 Å². The van der Waals surface area contributed by atoms with Crippen LogP contribution in [0, 0.1) is 5.92 Å². The summed E-state index contributed by atoms with van der Waals surface area (Å²) in [7, 11) is 0. The normalized spacial score (nSPS) is 12.2. The van der Waals surface area contributed by atoms with Crippen LogP contribution < -0.4 is 0 Å². The van der Waals surface area contributed by atoms with Gasteiger partial charge in [0, 0.05) is 32.5 Å². The Hall–Kier alpha value is -2.48. The highest BCUT2D eigenvalue weighted by Gasteiger charge is 2.22. The van der Waals surface area contributed by atoms with Gasteiger partial charge in [0.15, 0.2) is 5.65 Å². The third kappa shape index (κ3) is 4.51. The molecule has 0 radical (unpaired) electrons. The monoisotopic (exact) mass is 334 g/mol. The van der Waals surface area contributed by atoms with Crippen molar-refractivity contribution in [1.82, 2.24) is 19.5 Å². The molecule has 2 heterocycles. The second-order valence-electron chi connectivity index (χ2n) is 5.56. The van der Waals surface area contributed by atoms with E-state index in [4.69, 9.17) is 9.84 Å². The highest BCUT2D eigenvalue weighted by atomic mass is 16.5. The first-order valence-electron chi connectivity index (χ1n) is 7.92. The average Bonchev–Trinajstić information content (AvgIpc) is 3.04. The molecule has 1 unspecified atom stereocenters. The number of rotatable bonds is 9. The maximum atomic E-state index is 12.8. The van der Waals surface area contributed by atoms with E-state index in [1.54, 1.807) is 34.6 Å². The number of aliphatic carboxylic acids is 1. The smallest absolute Gasteiger partial charge is 0.308 e. The van der Waals surface area contributed by atoms with Gasteiger partial charge in [0.25, 0.3) is 5.91 Å². The Morgan fingerprint density at radius 2 is 2.21 bits per heavy atom. The molecule has 0 bridgehead atoms. The Labute approximate surface area is 140 Å². The molecule has 24 heavy (non-hydrogen) atoms. The molecule has 8 nitrogen and oxygen atoms in total. The third-order valence-electron chi connectivity index (χ3n) is 3.66. The SMILES string of the molecule is CCOCCCN(CC(C)C(=O)O)C(=O)c1ccc2nncn2c1. The summed E-state index contributed by atoms with van der Waals surface area (Å²) in [5, 5.41) is 16.8. The largest absolute Gasteiger partial charge is 0.481 e. The highest BCUT2D eigenvalue weighted by Crippen LogP contribution is 2.11. The maximum absolute atomic E-state index is 12.8. The number of amides is 1. The molecule has 0 aliphatic rings. The first-order valence-corrected chi connectivity index (χ1v) is 7.92. The summed E-state index contributed by atoms with van der Waals surface area (Å²) in [5.74, 6) is -1.78. The van der Waals surface area contributed by atoms with E-state index in [1.807, 2.05) is 6.92 Å². The van der Waals surface area contributed by atoms with E-state index in [-0.39, 0.29) is 12.5 Å². The number of aromatic nitrogens is 3. The summed E-state index contributed by atoms with van der Waals surface area (Å²) in [6.07, 6.45) is 3.82. The van der Waals surface area contributed by atoms with Crippen LogP contribution in [-0.2, 0) is 9.53 Å². The van der Waals surface area contributed by atoms with Gasteiger partial charge in [-0.2, -0.15) is 0 Å². The van der Waals surface area contributed by atoms with E-state index in [9.17, 15) is 9.59 Å². The van der Waals surface area contributed by atoms with Gasteiger partial charge in [0.1, 0.15) is 6.33 Å². The summed E-state index contributed by atoms with van der Waals surface area (Å²) in [4.78, 5) is 25.5. The summed E-state index contributed by atoms with van der Waals surface area (Å²) >= 11 is 0. The van der Waals surface area contributed by atoms with Gasteiger partial charge in [0.05, 0.1) is 11.5 Å². The molecular formula is C16H22N4O4. The van der Waals surface area contributed by atoms with Crippen LogP contribution >= 0.6 is 0 Å². The zero-order chi connectivity index (χ0) is 17.5. The molecule has 0 aliphatic carbocycles. The van der Waals surface area contributed by atoms with Crippen molar-refractivity contribution in [3.05, 3.63) is 30.2 Å². The fourth-order valence-electron chi connectivity index (χ4n) is 2.32. The van der Waals surface area contributed by atoms with Crippen LogP contribution in [0.3, 0.4) is 0 Å². The zero-order valence-electron chi connectivity index (χ0n) is 13.9. The number of fused-ring (bicyclic) bond motifs is 1. The third-order valence-corrected chi connectivity index (χ3v) is 3.66. The van der Waals surface area contributed by atoms with E-state index in [0.29, 0.717) is 37.4 Å². The quantitative estimate of drug-likeness (QED) is 0.695. The standard InChI is InChI=1S/C16H22N4O4/c1-3-24-8-4-7-19(9-12(2)16(22)23)15(21)13-5-6-14-18-17-11-20(14)10-13/h5-6,10-12H,3-4,7-9H2,1-2H3,(H,22,23). The molecule has 0 saturated heterocycles. The molecule has 1 amide bonds. The molecule has 1 N–H and O–H groups in total. The Balaban J connectivity index is 2.13. The van der Waals surface area contributed by atoms with Crippen LogP contribution in [-0.4, -0.2) is 62.8 Å². The van der Waals surface area contributed by atoms with Crippen molar-refractivity contribution < 1.29 is 19.4 Å². The van der Waals surface area contributed by atoms with Crippen LogP contribution in [0.15, 0.2) is 24.7 Å². The topological polar surface area (TPSA) is 97.0 Å². The van der Waals surface area contributed by atoms with E-state index < -0.39 is 11.9 Å². The fourth-order valence-corrected chi connectivity index (χ4v) is 2.32. The molecule has 0 aliphatic heterocycles. The van der Waals surface area contributed by atoms with Gasteiger partial charge in [-0.15, -0.1) is 10.2 Å². The first-order chi connectivity index (χ1) is 11.5. The molecule has 0 fully saturated rings. The van der Waals surface area contributed by atoms with Gasteiger partial charge in [-0.1, -0.05) is 6.92 Å². The van der Waals surface area contributed by atoms with Crippen LogP contribution in [0.4, 0.5) is 0 Å². The predicted octanol–water partition coefficient (Wildman–Crippen LogP) is 1.32. The molecule has 0 spiro atoms. The first kappa shape index (κ1) is 17.9. The molecular weight excluding hydrogens is 312 g/mol. The molecule has 2 aromatic heterocycles. The Kier molecular flexibility index (Phi) is 6.25. The number of hydrogen-bond donors (Lipinski definition) is 1. The average molecular weight is 334 g/mol. The molecule has 0 saturated carbocycles. The lowest BCUT2D eigenvalue weighted by molar-refractivity contribution is -0.141. The Morgan fingerprint density at radius 1 is 1.42 bits per heavy atom. The highest BCUT2D eigenvalue weighted by molar-refractivity contribution is 5.94. The van der Waals surface area contributed by atoms with Crippen molar-refractivity contribution in [2.24, 2.45) is 5.92 Å². The number of carbonyl (C=O) groups is 2. The van der Waals surface area contributed by atoms with Gasteiger partial charge < -0.3 is 14.7 Å². The van der Waals surface area contributed by atoms with Crippen LogP contribution in [0.5, 0.6) is 0 Å². The molecule has 0 aromatic carbocycles. The van der Waals surface area contributed by atoms with Crippen molar-refractivity contribution in [3.8, 4) is 0 Å². The van der Waals surface area contributed by atoms with Crippen molar-refractivity contribution in [3.63, 3.8) is 0 Å². The van der Waals surface area contributed by atoms with Gasteiger partial charge in [0.2, 0.25) is 0 Å². The minimum absolute atomic E-state index is 0.153. The molecule has 130 valence electrons. The van der Waals surface area contributed by atoms with Gasteiger partial charge in [-0.05, 0) is 25.5 Å². The number of ether oxygens (including phenoxy) is 1. The predicted molar refractivity (Wildman–Crippen MR) is 86.8 cm³/mol. The number of carbonyl (C=O) groups excluding carboxylic acids is 1. The van der Waals surface area contributed by atoms with E-state index in [2.05, 4.69) is 10.2 Å². The second-order valence-corrected chi connectivity index (χ2v) is 5.56. The lowest BCUT2D eigenvalue weighted by Gasteiger charge is -2.24. The number of hydrogen-bond acceptors (Lipinski definition) is 5. The van der Waals surface area contributed by atoms with Gasteiger partial charge >= 0.3 is 5.97 Å². The summed E-state index contributed by atoms with van der Waals surface area (Å²) in [5.41, 5.74) is 1.12. The Bertz CT molecular complexity index is 700. The van der Waals surface area contributed by atoms with E-state index in [1.165, 1.54) is 6.33 Å². The van der Waals surface area contributed by atoms with Crippen LogP contribution in [0.2, 0.25) is 0 Å². The van der Waals surface area contributed by atoms with Crippen molar-refractivity contribution in [2.45, 2.75) is 20.3 Å². The number of carboxylic acid groups (broad SMARTS) is 1. The van der Waals surface area contributed by atoms with Gasteiger partial charge in [-0.3, -0.25) is 14.0 Å². The minimum Gasteiger partial charge on any atom is -0.481 e. The number of carboxylic acids is 1. The molecule has 8 heteroatoms. The van der Waals surface area contributed by atoms with Crippen LogP contribution in [0.25, 0.3) is 5.65 Å².